The highest BCUT2D eigenvalue weighted by molar-refractivity contribution is 6.30. The van der Waals surface area contributed by atoms with Crippen LogP contribution in [0.3, 0.4) is 0 Å². The third kappa shape index (κ3) is 2.69. The van der Waals surface area contributed by atoms with E-state index < -0.39 is 5.97 Å². The minimum atomic E-state index is -0.897. The number of aromatic carboxylic acids is 1. The predicted octanol–water partition coefficient (Wildman–Crippen LogP) is 3.92. The molecule has 1 aliphatic rings. The van der Waals surface area contributed by atoms with Crippen molar-refractivity contribution < 1.29 is 9.90 Å². The van der Waals surface area contributed by atoms with Crippen LogP contribution in [0.25, 0.3) is 6.08 Å². The number of carbonyl (C=O) groups is 1. The zero-order chi connectivity index (χ0) is 15.0. The van der Waals surface area contributed by atoms with E-state index in [9.17, 15) is 9.90 Å². The van der Waals surface area contributed by atoms with Crippen molar-refractivity contribution in [3.63, 3.8) is 0 Å². The van der Waals surface area contributed by atoms with Crippen molar-refractivity contribution >= 4 is 23.6 Å². The molecule has 0 bridgehead atoms. The zero-order valence-corrected chi connectivity index (χ0v) is 12.3. The Hall–Kier alpha value is -2.13. The molecule has 1 heterocycles. The molecule has 0 atom stereocenters. The van der Waals surface area contributed by atoms with Crippen LogP contribution in [0, 0.1) is 6.92 Å². The van der Waals surface area contributed by atoms with E-state index in [1.165, 1.54) is 11.1 Å². The zero-order valence-electron chi connectivity index (χ0n) is 11.6. The normalized spacial score (nSPS) is 13.0. The van der Waals surface area contributed by atoms with Gasteiger partial charge in [-0.3, -0.25) is 4.98 Å². The molecule has 0 amide bonds. The molecule has 3 nitrogen and oxygen atoms in total. The summed E-state index contributed by atoms with van der Waals surface area (Å²) in [6.07, 6.45) is 4.98. The van der Waals surface area contributed by atoms with Gasteiger partial charge >= 0.3 is 5.97 Å². The molecule has 1 aliphatic carbocycles. The highest BCUT2D eigenvalue weighted by atomic mass is 35.5. The fourth-order valence-electron chi connectivity index (χ4n) is 2.71. The number of hydrogen-bond acceptors (Lipinski definition) is 2. The number of carboxylic acid groups (broad SMARTS) is 1. The molecule has 4 heteroatoms. The van der Waals surface area contributed by atoms with Crippen molar-refractivity contribution in [3.05, 3.63) is 69.0 Å². The van der Waals surface area contributed by atoms with Crippen molar-refractivity contribution in [2.45, 2.75) is 19.8 Å². The molecule has 1 aromatic heterocycles. The number of carboxylic acids is 1. The van der Waals surface area contributed by atoms with Gasteiger partial charge in [0.2, 0.25) is 0 Å². The van der Waals surface area contributed by atoms with E-state index >= 15 is 0 Å². The third-order valence-corrected chi connectivity index (χ3v) is 4.02. The lowest BCUT2D eigenvalue weighted by atomic mass is 9.98. The number of rotatable bonds is 3. The molecule has 0 unspecified atom stereocenters. The number of pyridine rings is 1. The van der Waals surface area contributed by atoms with E-state index in [4.69, 9.17) is 11.6 Å². The molecule has 0 saturated carbocycles. The van der Waals surface area contributed by atoms with Crippen LogP contribution >= 0.6 is 11.6 Å². The second-order valence-electron chi connectivity index (χ2n) is 5.25. The summed E-state index contributed by atoms with van der Waals surface area (Å²) in [5.74, 6) is -0.897. The van der Waals surface area contributed by atoms with Crippen molar-refractivity contribution in [3.8, 4) is 0 Å². The molecule has 106 valence electrons. The minimum absolute atomic E-state index is 0.346. The first kappa shape index (κ1) is 13.8. The summed E-state index contributed by atoms with van der Waals surface area (Å²) in [6.45, 7) is 2.03. The van der Waals surface area contributed by atoms with Crippen LogP contribution in [0.4, 0.5) is 0 Å². The van der Waals surface area contributed by atoms with Crippen LogP contribution in [0.5, 0.6) is 0 Å². The van der Waals surface area contributed by atoms with Gasteiger partial charge in [-0.1, -0.05) is 23.2 Å². The number of allylic oxidation sites excluding steroid dienone is 1. The van der Waals surface area contributed by atoms with Gasteiger partial charge in [0.25, 0.3) is 0 Å². The number of aromatic nitrogens is 1. The first-order valence-electron chi connectivity index (χ1n) is 6.70. The molecular formula is C17H14ClNO2. The summed E-state index contributed by atoms with van der Waals surface area (Å²) in [6, 6.07) is 7.41. The first-order valence-corrected chi connectivity index (χ1v) is 7.08. The van der Waals surface area contributed by atoms with E-state index in [1.54, 1.807) is 12.3 Å². The van der Waals surface area contributed by atoms with Gasteiger partial charge in [0.05, 0.1) is 11.3 Å². The Bertz CT molecular complexity index is 765. The maximum Gasteiger partial charge on any atom is 0.336 e. The Kier molecular flexibility index (Phi) is 3.52. The van der Waals surface area contributed by atoms with Crippen LogP contribution in [0.1, 0.15) is 32.7 Å². The topological polar surface area (TPSA) is 50.2 Å². The summed E-state index contributed by atoms with van der Waals surface area (Å²) in [5, 5.41) is 9.97. The van der Waals surface area contributed by atoms with Gasteiger partial charge in [-0.2, -0.15) is 0 Å². The smallest absolute Gasteiger partial charge is 0.336 e. The molecule has 21 heavy (non-hydrogen) atoms. The van der Waals surface area contributed by atoms with E-state index in [0.717, 1.165) is 28.3 Å². The number of aryl methyl sites for hydroxylation is 1. The van der Waals surface area contributed by atoms with Gasteiger partial charge in [0.1, 0.15) is 0 Å². The summed E-state index contributed by atoms with van der Waals surface area (Å²) < 4.78 is 0. The van der Waals surface area contributed by atoms with Crippen LogP contribution < -0.4 is 0 Å². The van der Waals surface area contributed by atoms with Crippen molar-refractivity contribution in [1.29, 1.82) is 0 Å². The van der Waals surface area contributed by atoms with Gasteiger partial charge in [-0.25, -0.2) is 4.79 Å². The summed E-state index contributed by atoms with van der Waals surface area (Å²) in [4.78, 5) is 15.5. The Morgan fingerprint density at radius 3 is 2.90 bits per heavy atom. The largest absolute Gasteiger partial charge is 0.478 e. The Morgan fingerprint density at radius 1 is 1.38 bits per heavy atom. The SMILES string of the molecule is Cc1cc(Cl)ccc1CC1=Cc2nccc(C(=O)O)c2C1. The fourth-order valence-corrected chi connectivity index (χ4v) is 2.93. The maximum atomic E-state index is 11.3. The van der Waals surface area contributed by atoms with E-state index in [0.29, 0.717) is 12.0 Å². The Balaban J connectivity index is 1.87. The lowest BCUT2D eigenvalue weighted by Crippen LogP contribution is -2.04. The van der Waals surface area contributed by atoms with Crippen LogP contribution in [-0.4, -0.2) is 16.1 Å². The highest BCUT2D eigenvalue weighted by Crippen LogP contribution is 2.29. The minimum Gasteiger partial charge on any atom is -0.478 e. The van der Waals surface area contributed by atoms with Crippen LogP contribution in [-0.2, 0) is 12.8 Å². The average molecular weight is 300 g/mol. The molecular weight excluding hydrogens is 286 g/mol. The molecule has 0 radical (unpaired) electrons. The number of fused-ring (bicyclic) bond motifs is 1. The van der Waals surface area contributed by atoms with Crippen LogP contribution in [0.2, 0.25) is 5.02 Å². The van der Waals surface area contributed by atoms with Gasteiger partial charge in [0, 0.05) is 11.2 Å². The quantitative estimate of drug-likeness (QED) is 0.934. The second kappa shape index (κ2) is 5.34. The molecule has 0 saturated heterocycles. The lowest BCUT2D eigenvalue weighted by molar-refractivity contribution is 0.0695. The lowest BCUT2D eigenvalue weighted by Gasteiger charge is -2.07. The standard InChI is InChI=1S/C17H14ClNO2/c1-10-6-13(18)3-2-12(10)7-11-8-15-14(17(20)21)4-5-19-16(15)9-11/h2-6,9H,7-8H2,1H3,(H,20,21). The molecule has 0 fully saturated rings. The van der Waals surface area contributed by atoms with E-state index in [-0.39, 0.29) is 0 Å². The second-order valence-corrected chi connectivity index (χ2v) is 5.69. The number of halogens is 1. The van der Waals surface area contributed by atoms with Crippen molar-refractivity contribution in [2.24, 2.45) is 0 Å². The molecule has 1 N–H and O–H groups in total. The van der Waals surface area contributed by atoms with Gasteiger partial charge in [-0.05, 0) is 60.7 Å². The molecule has 1 aromatic carbocycles. The van der Waals surface area contributed by atoms with Crippen LogP contribution in [0.15, 0.2) is 36.0 Å². The van der Waals surface area contributed by atoms with Gasteiger partial charge in [0.15, 0.2) is 0 Å². The van der Waals surface area contributed by atoms with Gasteiger partial charge < -0.3 is 5.11 Å². The monoisotopic (exact) mass is 299 g/mol. The summed E-state index contributed by atoms with van der Waals surface area (Å²) >= 11 is 5.97. The molecule has 0 spiro atoms. The number of nitrogens with zero attached hydrogens (tertiary/aromatic N) is 1. The Morgan fingerprint density at radius 2 is 2.19 bits per heavy atom. The molecule has 0 aliphatic heterocycles. The van der Waals surface area contributed by atoms with E-state index in [1.807, 2.05) is 31.2 Å². The third-order valence-electron chi connectivity index (χ3n) is 3.79. The number of benzene rings is 1. The highest BCUT2D eigenvalue weighted by Gasteiger charge is 2.21. The summed E-state index contributed by atoms with van der Waals surface area (Å²) in [5.41, 5.74) is 5.46. The summed E-state index contributed by atoms with van der Waals surface area (Å²) in [7, 11) is 0. The number of hydrogen-bond donors (Lipinski definition) is 1. The average Bonchev–Trinajstić information content (AvgIpc) is 2.83. The van der Waals surface area contributed by atoms with Crippen molar-refractivity contribution in [2.75, 3.05) is 0 Å². The Labute approximate surface area is 127 Å². The molecule has 2 aromatic rings. The first-order chi connectivity index (χ1) is 10.0. The maximum absolute atomic E-state index is 11.3. The fraction of sp³-hybridized carbons (Fsp3) is 0.176. The van der Waals surface area contributed by atoms with Gasteiger partial charge in [-0.15, -0.1) is 0 Å². The predicted molar refractivity (Wildman–Crippen MR) is 82.8 cm³/mol. The van der Waals surface area contributed by atoms with Crippen molar-refractivity contribution in [1.82, 2.24) is 4.98 Å². The van der Waals surface area contributed by atoms with E-state index in [2.05, 4.69) is 4.98 Å². The molecule has 3 rings (SSSR count).